The predicted octanol–water partition coefficient (Wildman–Crippen LogP) is 2.43. The lowest BCUT2D eigenvalue weighted by molar-refractivity contribution is 0.00452. The van der Waals surface area contributed by atoms with Gasteiger partial charge < -0.3 is 19.0 Å². The maximum atomic E-state index is 11.5. The van der Waals surface area contributed by atoms with Crippen LogP contribution in [0, 0.1) is 0 Å². The Kier molecular flexibility index (Phi) is 4.45. The number of rotatable bonds is 5. The van der Waals surface area contributed by atoms with Crippen molar-refractivity contribution in [2.45, 2.75) is 19.1 Å². The van der Waals surface area contributed by atoms with Crippen molar-refractivity contribution in [2.24, 2.45) is 0 Å². The van der Waals surface area contributed by atoms with Gasteiger partial charge in [0.2, 0.25) is 0 Å². The molecular formula is C16H18O5. The smallest absolute Gasteiger partial charge is 0.336 e. The van der Waals surface area contributed by atoms with Crippen LogP contribution >= 0.6 is 0 Å². The van der Waals surface area contributed by atoms with E-state index in [0.29, 0.717) is 22.5 Å². The van der Waals surface area contributed by atoms with Crippen LogP contribution in [0.2, 0.25) is 0 Å². The molecule has 1 aromatic carbocycles. The monoisotopic (exact) mass is 290 g/mol. The van der Waals surface area contributed by atoms with Crippen molar-refractivity contribution in [1.29, 1.82) is 0 Å². The summed E-state index contributed by atoms with van der Waals surface area (Å²) in [7, 11) is 2.97. The second-order valence-corrected chi connectivity index (χ2v) is 4.80. The van der Waals surface area contributed by atoms with Crippen molar-refractivity contribution in [3.8, 4) is 5.75 Å². The summed E-state index contributed by atoms with van der Waals surface area (Å²) in [6.45, 7) is 5.44. The van der Waals surface area contributed by atoms with E-state index in [1.54, 1.807) is 25.1 Å². The maximum absolute atomic E-state index is 11.5. The van der Waals surface area contributed by atoms with E-state index in [-0.39, 0.29) is 0 Å². The Labute approximate surface area is 122 Å². The van der Waals surface area contributed by atoms with E-state index in [1.807, 2.05) is 0 Å². The van der Waals surface area contributed by atoms with Crippen molar-refractivity contribution in [1.82, 2.24) is 0 Å². The van der Waals surface area contributed by atoms with E-state index < -0.39 is 17.8 Å². The van der Waals surface area contributed by atoms with Gasteiger partial charge in [-0.1, -0.05) is 6.58 Å². The van der Waals surface area contributed by atoms with Gasteiger partial charge in [0.25, 0.3) is 0 Å². The molecule has 112 valence electrons. The van der Waals surface area contributed by atoms with Gasteiger partial charge >= 0.3 is 5.63 Å². The zero-order valence-corrected chi connectivity index (χ0v) is 12.3. The Balaban J connectivity index is 2.76. The minimum Gasteiger partial charge on any atom is -0.496 e. The Morgan fingerprint density at radius 1 is 1.29 bits per heavy atom. The van der Waals surface area contributed by atoms with Crippen LogP contribution in [-0.4, -0.2) is 25.4 Å². The van der Waals surface area contributed by atoms with Crippen molar-refractivity contribution >= 4 is 11.0 Å². The lowest BCUT2D eigenvalue weighted by atomic mass is 9.97. The number of fused-ring (bicyclic) bond motifs is 1. The molecule has 1 aromatic heterocycles. The quantitative estimate of drug-likeness (QED) is 0.676. The molecule has 0 spiro atoms. The molecule has 2 aromatic rings. The molecule has 21 heavy (non-hydrogen) atoms. The van der Waals surface area contributed by atoms with Crippen LogP contribution in [0.1, 0.15) is 18.6 Å². The van der Waals surface area contributed by atoms with E-state index >= 15 is 0 Å². The van der Waals surface area contributed by atoms with Crippen LogP contribution in [0.4, 0.5) is 0 Å². The third-order valence-corrected chi connectivity index (χ3v) is 3.34. The number of benzene rings is 1. The van der Waals surface area contributed by atoms with Crippen LogP contribution in [-0.2, 0) is 4.74 Å². The SMILES string of the molecule is C=C(C)[C@H](O)[C@@H](OC)c1c(OC)ccc2ccc(=O)oc12. The van der Waals surface area contributed by atoms with Crippen LogP contribution < -0.4 is 10.4 Å². The first kappa shape index (κ1) is 15.3. The molecule has 1 heterocycles. The summed E-state index contributed by atoms with van der Waals surface area (Å²) < 4.78 is 16.0. The Morgan fingerprint density at radius 2 is 1.95 bits per heavy atom. The minimum atomic E-state index is -0.944. The minimum absolute atomic E-state index is 0.342. The third-order valence-electron chi connectivity index (χ3n) is 3.34. The molecule has 0 amide bonds. The first-order valence-electron chi connectivity index (χ1n) is 6.46. The highest BCUT2D eigenvalue weighted by molar-refractivity contribution is 5.82. The molecule has 0 fully saturated rings. The molecule has 5 nitrogen and oxygen atoms in total. The molecule has 1 N–H and O–H groups in total. The highest BCUT2D eigenvalue weighted by Gasteiger charge is 2.28. The van der Waals surface area contributed by atoms with Crippen LogP contribution in [0.3, 0.4) is 0 Å². The molecule has 5 heteroatoms. The average molecular weight is 290 g/mol. The third kappa shape index (κ3) is 2.84. The van der Waals surface area contributed by atoms with E-state index in [2.05, 4.69) is 6.58 Å². The molecule has 0 aliphatic rings. The fourth-order valence-corrected chi connectivity index (χ4v) is 2.25. The predicted molar refractivity (Wildman–Crippen MR) is 79.6 cm³/mol. The van der Waals surface area contributed by atoms with Crippen LogP contribution in [0.15, 0.2) is 45.6 Å². The summed E-state index contributed by atoms with van der Waals surface area (Å²) in [5.74, 6) is 0.476. The van der Waals surface area contributed by atoms with Gasteiger partial charge in [0, 0.05) is 18.6 Å². The summed E-state index contributed by atoms with van der Waals surface area (Å²) in [4.78, 5) is 11.5. The normalized spacial score (nSPS) is 13.9. The number of hydrogen-bond acceptors (Lipinski definition) is 5. The summed E-state index contributed by atoms with van der Waals surface area (Å²) in [5, 5.41) is 11.0. The molecule has 2 atom stereocenters. The zero-order valence-electron chi connectivity index (χ0n) is 12.3. The molecule has 0 aliphatic heterocycles. The number of aliphatic hydroxyl groups is 1. The Morgan fingerprint density at radius 3 is 2.52 bits per heavy atom. The lowest BCUT2D eigenvalue weighted by Gasteiger charge is -2.24. The zero-order chi connectivity index (χ0) is 15.6. The van der Waals surface area contributed by atoms with Crippen molar-refractivity contribution in [3.05, 3.63) is 52.4 Å². The lowest BCUT2D eigenvalue weighted by Crippen LogP contribution is -2.22. The summed E-state index contributed by atoms with van der Waals surface area (Å²) in [6, 6.07) is 6.52. The Bertz CT molecular complexity index is 716. The number of methoxy groups -OCH3 is 2. The van der Waals surface area contributed by atoms with Gasteiger partial charge in [-0.15, -0.1) is 0 Å². The van der Waals surface area contributed by atoms with Crippen LogP contribution in [0.5, 0.6) is 5.75 Å². The Hall–Kier alpha value is -2.11. The molecular weight excluding hydrogens is 272 g/mol. The number of hydrogen-bond donors (Lipinski definition) is 1. The van der Waals surface area contributed by atoms with Gasteiger partial charge in [-0.3, -0.25) is 0 Å². The molecule has 0 bridgehead atoms. The van der Waals surface area contributed by atoms with E-state index in [4.69, 9.17) is 13.9 Å². The molecule has 0 saturated heterocycles. The van der Waals surface area contributed by atoms with Crippen molar-refractivity contribution < 1.29 is 19.0 Å². The standard InChI is InChI=1S/C16H18O5/c1-9(2)14(18)16(20-4)13-11(19-3)7-5-10-6-8-12(17)21-15(10)13/h5-8,14,16,18H,1H2,2-4H3/t14-,16-/m0/s1. The second kappa shape index (κ2) is 6.11. The molecule has 0 unspecified atom stereocenters. The summed E-state index contributed by atoms with van der Waals surface area (Å²) in [5.41, 5.74) is 0.899. The van der Waals surface area contributed by atoms with Crippen molar-refractivity contribution in [3.63, 3.8) is 0 Å². The van der Waals surface area contributed by atoms with Gasteiger partial charge in [0.1, 0.15) is 23.5 Å². The fraction of sp³-hybridized carbons (Fsp3) is 0.312. The molecule has 2 rings (SSSR count). The number of aliphatic hydroxyl groups excluding tert-OH is 1. The van der Waals surface area contributed by atoms with Gasteiger partial charge in [-0.25, -0.2) is 4.79 Å². The highest BCUT2D eigenvalue weighted by atomic mass is 16.5. The van der Waals surface area contributed by atoms with Crippen molar-refractivity contribution in [2.75, 3.05) is 14.2 Å². The topological polar surface area (TPSA) is 68.9 Å². The van der Waals surface area contributed by atoms with Crippen LogP contribution in [0.25, 0.3) is 11.0 Å². The first-order valence-corrected chi connectivity index (χ1v) is 6.46. The molecule has 0 aliphatic carbocycles. The van der Waals surface area contributed by atoms with Gasteiger partial charge in [-0.05, 0) is 30.7 Å². The fourth-order valence-electron chi connectivity index (χ4n) is 2.25. The van der Waals surface area contributed by atoms with Gasteiger partial charge in [0.15, 0.2) is 0 Å². The van der Waals surface area contributed by atoms with E-state index in [0.717, 1.165) is 5.39 Å². The largest absolute Gasteiger partial charge is 0.496 e. The number of ether oxygens (including phenoxy) is 2. The van der Waals surface area contributed by atoms with Gasteiger partial charge in [-0.2, -0.15) is 0 Å². The van der Waals surface area contributed by atoms with E-state index in [9.17, 15) is 9.90 Å². The van der Waals surface area contributed by atoms with Gasteiger partial charge in [0.05, 0.1) is 12.7 Å². The van der Waals surface area contributed by atoms with E-state index in [1.165, 1.54) is 20.3 Å². The molecule has 0 radical (unpaired) electrons. The second-order valence-electron chi connectivity index (χ2n) is 4.80. The highest BCUT2D eigenvalue weighted by Crippen LogP contribution is 2.37. The maximum Gasteiger partial charge on any atom is 0.336 e. The first-order chi connectivity index (χ1) is 9.99. The summed E-state index contributed by atoms with van der Waals surface area (Å²) >= 11 is 0. The molecule has 0 saturated carbocycles. The summed E-state index contributed by atoms with van der Waals surface area (Å²) in [6.07, 6.45) is -1.69. The average Bonchev–Trinajstić information content (AvgIpc) is 2.47.